The van der Waals surface area contributed by atoms with Crippen molar-refractivity contribution in [1.82, 2.24) is 9.38 Å². The molecule has 0 aliphatic carbocycles. The van der Waals surface area contributed by atoms with Gasteiger partial charge in [-0.05, 0) is 40.8 Å². The summed E-state index contributed by atoms with van der Waals surface area (Å²) in [6.45, 7) is 0.0820. The van der Waals surface area contributed by atoms with Gasteiger partial charge in [0.25, 0.3) is 0 Å². The second kappa shape index (κ2) is 5.58. The van der Waals surface area contributed by atoms with Crippen molar-refractivity contribution in [2.45, 2.75) is 6.61 Å². The third-order valence-corrected chi connectivity index (χ3v) is 5.29. The molecule has 0 saturated carbocycles. The Hall–Kier alpha value is -2.89. The Balaban J connectivity index is 1.58. The van der Waals surface area contributed by atoms with Crippen LogP contribution in [0.1, 0.15) is 4.88 Å². The maximum Gasteiger partial charge on any atom is 0.137 e. The van der Waals surface area contributed by atoms with Gasteiger partial charge in [-0.25, -0.2) is 4.98 Å². The molecule has 0 aliphatic rings. The first-order valence-electron chi connectivity index (χ1n) is 7.94. The van der Waals surface area contributed by atoms with Crippen LogP contribution < -0.4 is 0 Å². The number of benzene rings is 1. The van der Waals surface area contributed by atoms with Crippen molar-refractivity contribution in [1.29, 1.82) is 0 Å². The lowest BCUT2D eigenvalue weighted by Crippen LogP contribution is -1.84. The van der Waals surface area contributed by atoms with Gasteiger partial charge in [-0.3, -0.25) is 0 Å². The summed E-state index contributed by atoms with van der Waals surface area (Å²) in [7, 11) is 0. The van der Waals surface area contributed by atoms with Crippen LogP contribution in [-0.4, -0.2) is 14.5 Å². The van der Waals surface area contributed by atoms with Crippen molar-refractivity contribution in [2.24, 2.45) is 0 Å². The van der Waals surface area contributed by atoms with Crippen molar-refractivity contribution >= 4 is 27.8 Å². The second-order valence-electron chi connectivity index (χ2n) is 5.98. The highest BCUT2D eigenvalue weighted by Crippen LogP contribution is 2.28. The molecule has 122 valence electrons. The zero-order chi connectivity index (χ0) is 16.8. The smallest absolute Gasteiger partial charge is 0.137 e. The van der Waals surface area contributed by atoms with E-state index in [0.717, 1.165) is 43.7 Å². The molecule has 25 heavy (non-hydrogen) atoms. The van der Waals surface area contributed by atoms with Crippen LogP contribution >= 0.6 is 11.3 Å². The molecular formula is C20H14N2O2S. The average molecular weight is 346 g/mol. The number of furan rings is 1. The molecule has 5 rings (SSSR count). The van der Waals surface area contributed by atoms with Gasteiger partial charge in [-0.1, -0.05) is 12.1 Å². The van der Waals surface area contributed by atoms with Gasteiger partial charge in [0.05, 0.1) is 24.8 Å². The van der Waals surface area contributed by atoms with E-state index in [1.807, 2.05) is 28.8 Å². The van der Waals surface area contributed by atoms with E-state index < -0.39 is 0 Å². The van der Waals surface area contributed by atoms with E-state index >= 15 is 0 Å². The summed E-state index contributed by atoms with van der Waals surface area (Å²) < 4.78 is 7.29. The number of hydrogen-bond donors (Lipinski definition) is 1. The summed E-state index contributed by atoms with van der Waals surface area (Å²) in [6.07, 6.45) is 7.61. The molecule has 5 aromatic rings. The molecular weight excluding hydrogens is 332 g/mol. The van der Waals surface area contributed by atoms with Crippen LogP contribution in [0.3, 0.4) is 0 Å². The topological polar surface area (TPSA) is 50.7 Å². The van der Waals surface area contributed by atoms with Gasteiger partial charge in [0.2, 0.25) is 0 Å². The standard InChI is InChI=1S/C20H14N2O2S/c23-9-18-6-17(12-25-18)14-3-4-20-21-19(8-22(20)7-14)13-1-2-15-10-24-11-16(15)5-13/h1-8,10-12,23H,9H2. The summed E-state index contributed by atoms with van der Waals surface area (Å²) in [4.78, 5) is 5.69. The summed E-state index contributed by atoms with van der Waals surface area (Å²) in [5.41, 5.74) is 5.13. The Morgan fingerprint density at radius 2 is 1.84 bits per heavy atom. The Kier molecular flexibility index (Phi) is 3.23. The predicted octanol–water partition coefficient (Wildman–Crippen LogP) is 4.97. The average Bonchev–Trinajstić information content (AvgIpc) is 3.37. The van der Waals surface area contributed by atoms with E-state index in [2.05, 4.69) is 29.8 Å². The second-order valence-corrected chi connectivity index (χ2v) is 6.98. The first-order valence-corrected chi connectivity index (χ1v) is 8.82. The van der Waals surface area contributed by atoms with Gasteiger partial charge in [0.15, 0.2) is 0 Å². The minimum atomic E-state index is 0.0820. The molecule has 1 N–H and O–H groups in total. The van der Waals surface area contributed by atoms with E-state index in [0.29, 0.717) is 0 Å². The molecule has 0 radical (unpaired) electrons. The van der Waals surface area contributed by atoms with Crippen LogP contribution in [0.2, 0.25) is 0 Å². The monoisotopic (exact) mass is 346 g/mol. The molecule has 5 heteroatoms. The molecule has 4 aromatic heterocycles. The summed E-state index contributed by atoms with van der Waals surface area (Å²) in [5.74, 6) is 0. The van der Waals surface area contributed by atoms with Crippen LogP contribution in [0, 0.1) is 0 Å². The van der Waals surface area contributed by atoms with Crippen LogP contribution in [0.5, 0.6) is 0 Å². The zero-order valence-electron chi connectivity index (χ0n) is 13.2. The Morgan fingerprint density at radius 3 is 2.72 bits per heavy atom. The summed E-state index contributed by atoms with van der Waals surface area (Å²) in [6, 6.07) is 12.3. The number of pyridine rings is 1. The molecule has 0 spiro atoms. The largest absolute Gasteiger partial charge is 0.471 e. The number of fused-ring (bicyclic) bond motifs is 2. The highest BCUT2D eigenvalue weighted by molar-refractivity contribution is 7.10. The number of rotatable bonds is 3. The van der Waals surface area contributed by atoms with Gasteiger partial charge in [0.1, 0.15) is 5.65 Å². The van der Waals surface area contributed by atoms with E-state index in [1.54, 1.807) is 23.9 Å². The Labute approximate surface area is 147 Å². The lowest BCUT2D eigenvalue weighted by Gasteiger charge is -1.99. The first kappa shape index (κ1) is 14.5. The molecule has 4 heterocycles. The molecule has 0 aliphatic heterocycles. The van der Waals surface area contributed by atoms with E-state index in [9.17, 15) is 5.11 Å². The number of nitrogens with zero attached hydrogens (tertiary/aromatic N) is 2. The van der Waals surface area contributed by atoms with Crippen molar-refractivity contribution in [3.05, 3.63) is 71.6 Å². The fourth-order valence-corrected chi connectivity index (χ4v) is 3.79. The molecule has 0 amide bonds. The van der Waals surface area contributed by atoms with Gasteiger partial charge in [-0.2, -0.15) is 0 Å². The fourth-order valence-electron chi connectivity index (χ4n) is 3.04. The highest BCUT2D eigenvalue weighted by Gasteiger charge is 2.08. The maximum absolute atomic E-state index is 9.25. The number of aromatic nitrogens is 2. The molecule has 0 fully saturated rings. The number of thiophene rings is 1. The van der Waals surface area contributed by atoms with Gasteiger partial charge >= 0.3 is 0 Å². The highest BCUT2D eigenvalue weighted by atomic mass is 32.1. The van der Waals surface area contributed by atoms with Crippen molar-refractivity contribution in [3.63, 3.8) is 0 Å². The quantitative estimate of drug-likeness (QED) is 0.502. The van der Waals surface area contributed by atoms with Crippen LogP contribution in [0.15, 0.2) is 71.1 Å². The number of imidazole rings is 1. The van der Waals surface area contributed by atoms with Crippen molar-refractivity contribution in [2.75, 3.05) is 0 Å². The number of hydrogen-bond acceptors (Lipinski definition) is 4. The van der Waals surface area contributed by atoms with E-state index in [-0.39, 0.29) is 6.61 Å². The lowest BCUT2D eigenvalue weighted by molar-refractivity contribution is 0.285. The molecule has 0 bridgehead atoms. The lowest BCUT2D eigenvalue weighted by atomic mass is 10.1. The molecule has 0 saturated heterocycles. The van der Waals surface area contributed by atoms with Gasteiger partial charge < -0.3 is 13.9 Å². The van der Waals surface area contributed by atoms with E-state index in [4.69, 9.17) is 9.40 Å². The third kappa shape index (κ3) is 2.45. The Bertz CT molecular complexity index is 1200. The van der Waals surface area contributed by atoms with Crippen LogP contribution in [-0.2, 0) is 6.61 Å². The van der Waals surface area contributed by atoms with Crippen molar-refractivity contribution in [3.8, 4) is 22.4 Å². The first-order chi connectivity index (χ1) is 12.3. The summed E-state index contributed by atoms with van der Waals surface area (Å²) >= 11 is 1.57. The fraction of sp³-hybridized carbons (Fsp3) is 0.0500. The van der Waals surface area contributed by atoms with Gasteiger partial charge in [-0.15, -0.1) is 11.3 Å². The number of aliphatic hydroxyl groups excluding tert-OH is 1. The third-order valence-electron chi connectivity index (χ3n) is 4.37. The molecule has 4 nitrogen and oxygen atoms in total. The predicted molar refractivity (Wildman–Crippen MR) is 99.6 cm³/mol. The van der Waals surface area contributed by atoms with Crippen LogP contribution in [0.25, 0.3) is 38.8 Å². The SMILES string of the molecule is OCc1cc(-c2ccc3nc(-c4ccc5cocc5c4)cn3c2)cs1. The number of aliphatic hydroxyl groups is 1. The molecule has 1 aromatic carbocycles. The minimum absolute atomic E-state index is 0.0820. The summed E-state index contributed by atoms with van der Waals surface area (Å²) in [5, 5.41) is 13.5. The van der Waals surface area contributed by atoms with E-state index in [1.165, 1.54) is 0 Å². The maximum atomic E-state index is 9.25. The van der Waals surface area contributed by atoms with Crippen LogP contribution in [0.4, 0.5) is 0 Å². The Morgan fingerprint density at radius 1 is 0.960 bits per heavy atom. The zero-order valence-corrected chi connectivity index (χ0v) is 14.0. The minimum Gasteiger partial charge on any atom is -0.471 e. The normalized spacial score (nSPS) is 11.6. The van der Waals surface area contributed by atoms with Crippen molar-refractivity contribution < 1.29 is 9.52 Å². The molecule has 0 unspecified atom stereocenters. The van der Waals surface area contributed by atoms with Gasteiger partial charge in [0, 0.05) is 33.6 Å². The molecule has 0 atom stereocenters.